The van der Waals surface area contributed by atoms with E-state index in [-0.39, 0.29) is 30.9 Å². The van der Waals surface area contributed by atoms with Crippen LogP contribution >= 0.6 is 11.3 Å². The SMILES string of the molecule is CCCCC(Cc1c[nH]c2ccccc12)NC(=O)c1cnc(N2CCn3c(nnc3C(F)(F)F)C2)s1. The topological polar surface area (TPSA) is 91.7 Å². The Hall–Kier alpha value is -3.41. The van der Waals surface area contributed by atoms with E-state index in [0.717, 1.165) is 40.3 Å². The Morgan fingerprint density at radius 3 is 2.89 bits per heavy atom. The number of aromatic nitrogens is 5. The second-order valence-electron chi connectivity index (χ2n) is 8.89. The maximum Gasteiger partial charge on any atom is 0.451 e. The fourth-order valence-corrected chi connectivity index (χ4v) is 5.39. The van der Waals surface area contributed by atoms with Gasteiger partial charge in [-0.2, -0.15) is 13.2 Å². The largest absolute Gasteiger partial charge is 0.451 e. The lowest BCUT2D eigenvalue weighted by Crippen LogP contribution is -2.36. The van der Waals surface area contributed by atoms with Gasteiger partial charge in [0, 0.05) is 36.2 Å². The molecule has 1 unspecified atom stereocenters. The molecular weight excluding hydrogens is 491 g/mol. The number of rotatable bonds is 8. The molecule has 2 N–H and O–H groups in total. The van der Waals surface area contributed by atoms with Gasteiger partial charge in [-0.05, 0) is 24.5 Å². The number of anilines is 1. The number of hydrogen-bond donors (Lipinski definition) is 2. The summed E-state index contributed by atoms with van der Waals surface area (Å²) in [5, 5.41) is 11.9. The summed E-state index contributed by atoms with van der Waals surface area (Å²) in [6.45, 7) is 2.69. The van der Waals surface area contributed by atoms with Gasteiger partial charge in [-0.25, -0.2) is 4.98 Å². The van der Waals surface area contributed by atoms with E-state index in [0.29, 0.717) is 23.0 Å². The predicted molar refractivity (Wildman–Crippen MR) is 131 cm³/mol. The highest BCUT2D eigenvalue weighted by Crippen LogP contribution is 2.31. The summed E-state index contributed by atoms with van der Waals surface area (Å²) in [4.78, 5) is 23.1. The van der Waals surface area contributed by atoms with Gasteiger partial charge >= 0.3 is 6.18 Å². The number of hydrogen-bond acceptors (Lipinski definition) is 6. The zero-order chi connectivity index (χ0) is 25.3. The van der Waals surface area contributed by atoms with Crippen LogP contribution in [0.4, 0.5) is 18.3 Å². The van der Waals surface area contributed by atoms with Crippen molar-refractivity contribution in [2.75, 3.05) is 11.4 Å². The number of benzene rings is 1. The minimum Gasteiger partial charge on any atom is -0.361 e. The molecule has 3 aromatic heterocycles. The minimum absolute atomic E-state index is 0.0310. The summed E-state index contributed by atoms with van der Waals surface area (Å²) in [6, 6.07) is 8.07. The number of fused-ring (bicyclic) bond motifs is 2. The molecule has 190 valence electrons. The highest BCUT2D eigenvalue weighted by molar-refractivity contribution is 7.17. The number of alkyl halides is 3. The van der Waals surface area contributed by atoms with Crippen LogP contribution in [0.1, 0.15) is 53.1 Å². The number of nitrogens with zero attached hydrogens (tertiary/aromatic N) is 5. The number of carbonyl (C=O) groups is 1. The maximum absolute atomic E-state index is 13.1. The van der Waals surface area contributed by atoms with Crippen LogP contribution in [0.15, 0.2) is 36.7 Å². The molecule has 5 rings (SSSR count). The van der Waals surface area contributed by atoms with Crippen molar-refractivity contribution in [3.63, 3.8) is 0 Å². The van der Waals surface area contributed by atoms with Gasteiger partial charge in [-0.15, -0.1) is 10.2 Å². The lowest BCUT2D eigenvalue weighted by atomic mass is 10.0. The van der Waals surface area contributed by atoms with Gasteiger partial charge in [0.25, 0.3) is 5.91 Å². The molecule has 1 atom stereocenters. The first kappa shape index (κ1) is 24.3. The van der Waals surface area contributed by atoms with Gasteiger partial charge < -0.3 is 19.8 Å². The van der Waals surface area contributed by atoms with Crippen LogP contribution in [0.25, 0.3) is 10.9 Å². The van der Waals surface area contributed by atoms with Gasteiger partial charge in [0.15, 0.2) is 11.0 Å². The number of halogens is 3. The first-order valence-electron chi connectivity index (χ1n) is 11.9. The normalized spacial score (nSPS) is 14.7. The molecule has 0 saturated carbocycles. The maximum atomic E-state index is 13.1. The smallest absolute Gasteiger partial charge is 0.361 e. The summed E-state index contributed by atoms with van der Waals surface area (Å²) in [5.41, 5.74) is 2.23. The van der Waals surface area contributed by atoms with E-state index in [4.69, 9.17) is 0 Å². The average Bonchev–Trinajstić information content (AvgIpc) is 3.60. The lowest BCUT2D eigenvalue weighted by molar-refractivity contribution is -0.147. The Bertz CT molecular complexity index is 1360. The molecule has 1 aliphatic heterocycles. The molecule has 8 nitrogen and oxygen atoms in total. The van der Waals surface area contributed by atoms with E-state index in [1.807, 2.05) is 29.3 Å². The summed E-state index contributed by atoms with van der Waals surface area (Å²) < 4.78 is 40.4. The summed E-state index contributed by atoms with van der Waals surface area (Å²) >= 11 is 1.23. The van der Waals surface area contributed by atoms with E-state index in [9.17, 15) is 18.0 Å². The summed E-state index contributed by atoms with van der Waals surface area (Å²) in [7, 11) is 0. The minimum atomic E-state index is -4.54. The van der Waals surface area contributed by atoms with Crippen LogP contribution in [-0.4, -0.2) is 43.2 Å². The average molecular weight is 518 g/mol. The van der Waals surface area contributed by atoms with Gasteiger partial charge in [0.05, 0.1) is 12.7 Å². The second kappa shape index (κ2) is 9.92. The van der Waals surface area contributed by atoms with Crippen LogP contribution in [0.2, 0.25) is 0 Å². The summed E-state index contributed by atoms with van der Waals surface area (Å²) in [5.74, 6) is -0.947. The fourth-order valence-electron chi connectivity index (χ4n) is 4.55. The first-order chi connectivity index (χ1) is 17.3. The predicted octanol–water partition coefficient (Wildman–Crippen LogP) is 4.79. The number of amides is 1. The molecule has 1 amide bonds. The number of H-pyrrole nitrogens is 1. The Labute approximate surface area is 209 Å². The number of para-hydroxylation sites is 1. The molecule has 4 aromatic rings. The van der Waals surface area contributed by atoms with Crippen molar-refractivity contribution in [1.29, 1.82) is 0 Å². The third-order valence-corrected chi connectivity index (χ3v) is 7.43. The van der Waals surface area contributed by atoms with Crippen LogP contribution in [0.5, 0.6) is 0 Å². The number of carbonyl (C=O) groups excluding carboxylic acids is 1. The molecule has 4 heterocycles. The van der Waals surface area contributed by atoms with Crippen molar-refractivity contribution < 1.29 is 18.0 Å². The molecule has 12 heteroatoms. The van der Waals surface area contributed by atoms with Crippen LogP contribution in [0.3, 0.4) is 0 Å². The third-order valence-electron chi connectivity index (χ3n) is 6.38. The number of unbranched alkanes of at least 4 members (excludes halogenated alkanes) is 1. The summed E-state index contributed by atoms with van der Waals surface area (Å²) in [6.07, 6.45) is 2.58. The number of nitrogens with one attached hydrogen (secondary N) is 2. The molecular formula is C24H26F3N7OS. The van der Waals surface area contributed by atoms with Crippen LogP contribution in [-0.2, 0) is 25.7 Å². The Morgan fingerprint density at radius 2 is 2.08 bits per heavy atom. The van der Waals surface area contributed by atoms with Crippen molar-refractivity contribution >= 4 is 33.3 Å². The van der Waals surface area contributed by atoms with Gasteiger partial charge in [0.1, 0.15) is 4.88 Å². The molecule has 0 fully saturated rings. The van der Waals surface area contributed by atoms with Gasteiger partial charge in [-0.1, -0.05) is 49.3 Å². The van der Waals surface area contributed by atoms with Crippen LogP contribution in [0, 0.1) is 0 Å². The van der Waals surface area contributed by atoms with Crippen molar-refractivity contribution in [2.24, 2.45) is 0 Å². The molecule has 0 radical (unpaired) electrons. The first-order valence-corrected chi connectivity index (χ1v) is 12.7. The van der Waals surface area contributed by atoms with E-state index >= 15 is 0 Å². The van der Waals surface area contributed by atoms with Crippen molar-refractivity contribution in [3.05, 3.63) is 58.7 Å². The number of aromatic amines is 1. The highest BCUT2D eigenvalue weighted by atomic mass is 32.1. The fraction of sp³-hybridized carbons (Fsp3) is 0.417. The van der Waals surface area contributed by atoms with Crippen molar-refractivity contribution in [1.82, 2.24) is 30.0 Å². The Balaban J connectivity index is 1.27. The third kappa shape index (κ3) is 4.95. The van der Waals surface area contributed by atoms with Gasteiger partial charge in [0.2, 0.25) is 5.82 Å². The second-order valence-corrected chi connectivity index (χ2v) is 9.90. The molecule has 1 aliphatic rings. The lowest BCUT2D eigenvalue weighted by Gasteiger charge is -2.27. The monoisotopic (exact) mass is 517 g/mol. The van der Waals surface area contributed by atoms with Crippen LogP contribution < -0.4 is 10.2 Å². The molecule has 1 aromatic carbocycles. The van der Waals surface area contributed by atoms with E-state index in [2.05, 4.69) is 38.5 Å². The molecule has 0 saturated heterocycles. The van der Waals surface area contributed by atoms with Gasteiger partial charge in [-0.3, -0.25) is 4.79 Å². The zero-order valence-electron chi connectivity index (χ0n) is 19.7. The Kier molecular flexibility index (Phi) is 6.69. The molecule has 0 aliphatic carbocycles. The standard InChI is InChI=1S/C24H26F3N7OS/c1-2-3-6-16(11-15-12-28-18-8-5-4-7-17(15)18)30-21(35)19-13-29-23(36-19)33-9-10-34-20(14-33)31-32-22(34)24(25,26)27/h4-5,7-8,12-13,16,28H,2-3,6,9-11,14H2,1H3,(H,30,35). The van der Waals surface area contributed by atoms with E-state index < -0.39 is 12.0 Å². The molecule has 36 heavy (non-hydrogen) atoms. The van der Waals surface area contributed by atoms with Crippen molar-refractivity contribution in [3.8, 4) is 0 Å². The zero-order valence-corrected chi connectivity index (χ0v) is 20.5. The molecule has 0 bridgehead atoms. The number of thiazole rings is 1. The van der Waals surface area contributed by atoms with E-state index in [1.54, 1.807) is 0 Å². The molecule has 0 spiro atoms. The van der Waals surface area contributed by atoms with E-state index in [1.165, 1.54) is 17.5 Å². The van der Waals surface area contributed by atoms with Crippen molar-refractivity contribution in [2.45, 2.75) is 57.9 Å². The highest BCUT2D eigenvalue weighted by Gasteiger charge is 2.39. The quantitative estimate of drug-likeness (QED) is 0.351. The Morgan fingerprint density at radius 1 is 1.25 bits per heavy atom.